The molecule has 13 heteroatoms. The molecule has 1 aliphatic heterocycles. The van der Waals surface area contributed by atoms with Gasteiger partial charge >= 0.3 is 5.69 Å². The molecular weight excluding hydrogens is 536 g/mol. The molecule has 1 fully saturated rings. The maximum absolute atomic E-state index is 12.5. The number of nitrogens with two attached hydrogens (primary N) is 1. The van der Waals surface area contributed by atoms with Crippen LogP contribution in [0.15, 0.2) is 23.1 Å². The molecule has 0 radical (unpaired) electrons. The number of aromatic nitrogens is 2. The molecule has 2 aromatic rings. The first-order valence-electron chi connectivity index (χ1n) is 13.0. The lowest BCUT2D eigenvalue weighted by Crippen LogP contribution is -2.29. The van der Waals surface area contributed by atoms with E-state index in [0.29, 0.717) is 23.3 Å². The van der Waals surface area contributed by atoms with Crippen LogP contribution in [0.25, 0.3) is 0 Å². The lowest BCUT2D eigenvalue weighted by molar-refractivity contribution is -0.386. The van der Waals surface area contributed by atoms with Gasteiger partial charge in [-0.15, -0.1) is 0 Å². The van der Waals surface area contributed by atoms with Gasteiger partial charge in [0.15, 0.2) is 0 Å². The predicted octanol–water partition coefficient (Wildman–Crippen LogP) is 2.41. The minimum absolute atomic E-state index is 0.00766. The number of rotatable bonds is 10. The summed E-state index contributed by atoms with van der Waals surface area (Å²) in [5.41, 5.74) is 5.34. The molecule has 4 atom stereocenters. The van der Waals surface area contributed by atoms with Crippen LogP contribution in [0.1, 0.15) is 76.0 Å². The number of nitro benzene ring substituents is 1. The van der Waals surface area contributed by atoms with Crippen LogP contribution in [0.5, 0.6) is 5.75 Å². The van der Waals surface area contributed by atoms with Crippen molar-refractivity contribution >= 4 is 17.3 Å². The fourth-order valence-corrected chi connectivity index (χ4v) is 4.48. The van der Waals surface area contributed by atoms with Crippen LogP contribution in [0, 0.1) is 27.4 Å². The van der Waals surface area contributed by atoms with Gasteiger partial charge in [-0.3, -0.25) is 19.5 Å². The van der Waals surface area contributed by atoms with E-state index >= 15 is 0 Å². The van der Waals surface area contributed by atoms with Gasteiger partial charge in [0.05, 0.1) is 48.6 Å². The summed E-state index contributed by atoms with van der Waals surface area (Å²) >= 11 is 0. The van der Waals surface area contributed by atoms with Gasteiger partial charge in [-0.05, 0) is 18.4 Å². The summed E-state index contributed by atoms with van der Waals surface area (Å²) < 4.78 is 18.5. The van der Waals surface area contributed by atoms with Gasteiger partial charge in [-0.25, -0.2) is 4.79 Å². The summed E-state index contributed by atoms with van der Waals surface area (Å²) in [7, 11) is 1.43. The number of ketones is 1. The van der Waals surface area contributed by atoms with Gasteiger partial charge < -0.3 is 30.2 Å². The van der Waals surface area contributed by atoms with Crippen LogP contribution < -0.4 is 16.2 Å². The largest absolute Gasteiger partial charge is 0.495 e. The zero-order valence-corrected chi connectivity index (χ0v) is 23.7. The van der Waals surface area contributed by atoms with Gasteiger partial charge in [-0.1, -0.05) is 32.6 Å². The van der Waals surface area contributed by atoms with Gasteiger partial charge in [0, 0.05) is 37.1 Å². The Morgan fingerprint density at radius 2 is 2.10 bits per heavy atom. The number of nitro groups is 1. The van der Waals surface area contributed by atoms with Gasteiger partial charge in [-0.2, -0.15) is 4.98 Å². The Labute approximate surface area is 237 Å². The van der Waals surface area contributed by atoms with Crippen LogP contribution in [0.4, 0.5) is 11.5 Å². The SMILES string of the molecule is COc1cc([C@@H](OCc2cn([C@H]3C[C@@H](O)[C@@H](CO)O3)c(=O)nc2N)C(C)(C)C)c([N+](=O)[O-])cc1C#CCCC(C)=O. The lowest BCUT2D eigenvalue weighted by Gasteiger charge is -2.31. The van der Waals surface area contributed by atoms with Crippen molar-refractivity contribution in [1.82, 2.24) is 9.55 Å². The summed E-state index contributed by atoms with van der Waals surface area (Å²) in [6.45, 7) is 6.46. The molecule has 0 aliphatic carbocycles. The quantitative estimate of drug-likeness (QED) is 0.215. The molecule has 1 aromatic heterocycles. The number of carbonyl (C=O) groups excluding carboxylic acids is 1. The Kier molecular flexibility index (Phi) is 10.2. The number of anilines is 1. The van der Waals surface area contributed by atoms with Gasteiger partial charge in [0.25, 0.3) is 5.69 Å². The van der Waals surface area contributed by atoms with E-state index in [0.717, 1.165) is 0 Å². The molecular formula is C28H36N4O9. The first kappa shape index (κ1) is 31.7. The number of benzene rings is 1. The number of nitrogens with zero attached hydrogens (tertiary/aromatic N) is 3. The number of aliphatic hydroxyl groups is 2. The maximum atomic E-state index is 12.5. The number of methoxy groups -OCH3 is 1. The van der Waals surface area contributed by atoms with E-state index in [1.54, 1.807) is 0 Å². The van der Waals surface area contributed by atoms with Crippen molar-refractivity contribution in [1.29, 1.82) is 0 Å². The molecule has 3 rings (SSSR count). The Morgan fingerprint density at radius 3 is 2.66 bits per heavy atom. The Balaban J connectivity index is 1.97. The molecule has 0 saturated carbocycles. The van der Waals surface area contributed by atoms with Crippen molar-refractivity contribution in [2.24, 2.45) is 5.41 Å². The Hall–Kier alpha value is -3.83. The molecule has 1 saturated heterocycles. The molecule has 222 valence electrons. The number of aliphatic hydroxyl groups excluding tert-OH is 2. The highest BCUT2D eigenvalue weighted by Gasteiger charge is 2.36. The first-order valence-corrected chi connectivity index (χ1v) is 13.0. The van der Waals surface area contributed by atoms with Crippen molar-refractivity contribution < 1.29 is 34.1 Å². The average molecular weight is 573 g/mol. The number of Topliss-reactive ketones (excluding diaryl/α,β-unsaturated/α-hetero) is 1. The zero-order valence-electron chi connectivity index (χ0n) is 23.7. The molecule has 0 spiro atoms. The number of carbonyl (C=O) groups is 1. The molecule has 2 heterocycles. The van der Waals surface area contributed by atoms with Crippen LogP contribution in [-0.4, -0.2) is 56.4 Å². The number of ether oxygens (including phenoxy) is 3. The van der Waals surface area contributed by atoms with Crippen LogP contribution in [-0.2, 0) is 20.9 Å². The summed E-state index contributed by atoms with van der Waals surface area (Å²) in [5, 5.41) is 31.6. The van der Waals surface area contributed by atoms with Crippen LogP contribution in [0.3, 0.4) is 0 Å². The van der Waals surface area contributed by atoms with E-state index in [1.807, 2.05) is 20.8 Å². The van der Waals surface area contributed by atoms with Crippen LogP contribution in [0.2, 0.25) is 0 Å². The molecule has 4 N–H and O–H groups in total. The minimum Gasteiger partial charge on any atom is -0.495 e. The third-order valence-electron chi connectivity index (χ3n) is 6.60. The highest BCUT2D eigenvalue weighted by Crippen LogP contribution is 2.43. The van der Waals surface area contributed by atoms with E-state index in [-0.39, 0.29) is 42.3 Å². The summed E-state index contributed by atoms with van der Waals surface area (Å²) in [6, 6.07) is 2.85. The highest BCUT2D eigenvalue weighted by atomic mass is 16.6. The predicted molar refractivity (Wildman–Crippen MR) is 148 cm³/mol. The Morgan fingerprint density at radius 1 is 1.39 bits per heavy atom. The number of hydrogen-bond donors (Lipinski definition) is 3. The standard InChI is InChI=1S/C28H36N4O9/c1-16(34)8-6-7-9-17-10-20(32(37)38)19(11-22(17)39-5)25(28(2,3)4)40-15-18-13-31(27(36)30-26(18)29)24-12-21(35)23(14-33)41-24/h10-11,13,21,23-25,33,35H,6,8,12,14-15H2,1-5H3,(H2,29,30,36)/t21-,23-,24-,25-/m1/s1. The van der Waals surface area contributed by atoms with E-state index < -0.39 is 47.2 Å². The third-order valence-corrected chi connectivity index (χ3v) is 6.60. The minimum atomic E-state index is -0.961. The van der Waals surface area contributed by atoms with Crippen LogP contribution >= 0.6 is 0 Å². The fourth-order valence-electron chi connectivity index (χ4n) is 4.48. The first-order chi connectivity index (χ1) is 19.3. The second-order valence-electron chi connectivity index (χ2n) is 10.9. The van der Waals surface area contributed by atoms with Crippen molar-refractivity contribution in [2.75, 3.05) is 19.5 Å². The zero-order chi connectivity index (χ0) is 30.5. The number of nitrogen functional groups attached to an aromatic ring is 1. The normalized spacial score (nSPS) is 19.3. The molecule has 0 amide bonds. The van der Waals surface area contributed by atoms with Crippen molar-refractivity contribution in [2.45, 2.75) is 78.1 Å². The smallest absolute Gasteiger partial charge is 0.351 e. The summed E-state index contributed by atoms with van der Waals surface area (Å²) in [5.74, 6) is 5.93. The average Bonchev–Trinajstić information content (AvgIpc) is 3.27. The van der Waals surface area contributed by atoms with Gasteiger partial charge in [0.1, 0.15) is 29.7 Å². The summed E-state index contributed by atoms with van der Waals surface area (Å²) in [4.78, 5) is 39.2. The topological polar surface area (TPSA) is 189 Å². The monoisotopic (exact) mass is 572 g/mol. The molecule has 1 aliphatic rings. The second-order valence-corrected chi connectivity index (χ2v) is 10.9. The highest BCUT2D eigenvalue weighted by molar-refractivity contribution is 5.75. The third kappa shape index (κ3) is 7.68. The van der Waals surface area contributed by atoms with E-state index in [9.17, 15) is 29.9 Å². The molecule has 1 aromatic carbocycles. The summed E-state index contributed by atoms with van der Waals surface area (Å²) in [6.07, 6.45) is -1.44. The van der Waals surface area contributed by atoms with Gasteiger partial charge in [0.2, 0.25) is 0 Å². The molecule has 0 bridgehead atoms. The molecule has 13 nitrogen and oxygen atoms in total. The lowest BCUT2D eigenvalue weighted by atomic mass is 9.83. The van der Waals surface area contributed by atoms with Crippen molar-refractivity contribution in [3.8, 4) is 17.6 Å². The maximum Gasteiger partial charge on any atom is 0.351 e. The second kappa shape index (κ2) is 13.2. The van der Waals surface area contributed by atoms with Crippen molar-refractivity contribution in [3.63, 3.8) is 0 Å². The van der Waals surface area contributed by atoms with Crippen molar-refractivity contribution in [3.05, 3.63) is 55.6 Å². The van der Waals surface area contributed by atoms with E-state index in [4.69, 9.17) is 19.9 Å². The van der Waals surface area contributed by atoms with E-state index in [2.05, 4.69) is 16.8 Å². The number of hydrogen-bond acceptors (Lipinski definition) is 11. The fraction of sp³-hybridized carbons (Fsp3) is 0.536. The van der Waals surface area contributed by atoms with E-state index in [1.165, 1.54) is 36.9 Å². The Bertz CT molecular complexity index is 1400. The molecule has 41 heavy (non-hydrogen) atoms. The molecule has 0 unspecified atom stereocenters.